The Hall–Kier alpha value is -3.17. The average Bonchev–Trinajstić information content (AvgIpc) is 3.07. The summed E-state index contributed by atoms with van der Waals surface area (Å²) in [4.78, 5) is 15.4. The van der Waals surface area contributed by atoms with E-state index in [0.717, 1.165) is 32.2 Å². The molecule has 1 fully saturated rings. The molecule has 49 heavy (non-hydrogen) atoms. The molecule has 0 amide bonds. The second kappa shape index (κ2) is 20.5. The Bertz CT molecular complexity index is 1620. The number of ether oxygens (including phenoxy) is 1. The van der Waals surface area contributed by atoms with Crippen LogP contribution in [0.15, 0.2) is 69.9 Å². The molecule has 1 aromatic heterocycles. The zero-order valence-corrected chi connectivity index (χ0v) is 30.7. The first-order valence-corrected chi connectivity index (χ1v) is 18.8. The van der Waals surface area contributed by atoms with Gasteiger partial charge in [-0.2, -0.15) is 0 Å². The lowest BCUT2D eigenvalue weighted by atomic mass is 9.85. The summed E-state index contributed by atoms with van der Waals surface area (Å²) in [6.07, 6.45) is 23.2. The first-order chi connectivity index (χ1) is 23.8. The van der Waals surface area contributed by atoms with Gasteiger partial charge in [-0.25, -0.2) is 0 Å². The molecule has 266 valence electrons. The molecule has 7 nitrogen and oxygen atoms in total. The maximum Gasteiger partial charge on any atom is 0.262 e. The first kappa shape index (κ1) is 38.6. The van der Waals surface area contributed by atoms with Crippen molar-refractivity contribution in [1.29, 1.82) is 0 Å². The van der Waals surface area contributed by atoms with E-state index in [4.69, 9.17) is 33.0 Å². The third-order valence-corrected chi connectivity index (χ3v) is 9.68. The van der Waals surface area contributed by atoms with Crippen LogP contribution in [0, 0.1) is 0 Å². The van der Waals surface area contributed by atoms with Crippen molar-refractivity contribution >= 4 is 40.0 Å². The van der Waals surface area contributed by atoms with Crippen LogP contribution in [0.5, 0.6) is 11.5 Å². The minimum absolute atomic E-state index is 0.0319. The number of phenols is 1. The third-order valence-electron chi connectivity index (χ3n) is 9.13. The number of aliphatic hydroxyl groups is 1. The lowest BCUT2D eigenvalue weighted by molar-refractivity contribution is 0.0633. The summed E-state index contributed by atoms with van der Waals surface area (Å²) in [5.41, 5.74) is 0.813. The molecule has 3 N–H and O–H groups in total. The molecule has 2 aromatic carbocycles. The van der Waals surface area contributed by atoms with Gasteiger partial charge in [0, 0.05) is 42.3 Å². The van der Waals surface area contributed by atoms with E-state index in [1.807, 2.05) is 13.1 Å². The number of aliphatic hydroxyl groups excluding tert-OH is 1. The fraction of sp³-hybridized carbons (Fsp3) is 0.500. The van der Waals surface area contributed by atoms with Gasteiger partial charge in [-0.15, -0.1) is 0 Å². The van der Waals surface area contributed by atoms with E-state index in [0.29, 0.717) is 35.7 Å². The SMILES string of the molecule is CCCCCC=CCC=CCCCCCCCCNC(=S)Oc1cc(O)c2c(=O)cc(-c3ccccc3Cl)oc2c1C1CCN(C)C[C@@H]1O. The van der Waals surface area contributed by atoms with Crippen molar-refractivity contribution in [2.75, 3.05) is 26.7 Å². The number of aromatic hydroxyl groups is 1. The molecule has 4 rings (SSSR count). The number of likely N-dealkylation sites (tertiary alicyclic amines) is 1. The van der Waals surface area contributed by atoms with Gasteiger partial charge in [-0.3, -0.25) is 4.79 Å². The molecule has 2 heterocycles. The molecule has 1 aliphatic heterocycles. The van der Waals surface area contributed by atoms with Crippen LogP contribution in [0.25, 0.3) is 22.3 Å². The van der Waals surface area contributed by atoms with Crippen LogP contribution in [0.2, 0.25) is 5.02 Å². The molecule has 1 aliphatic rings. The summed E-state index contributed by atoms with van der Waals surface area (Å²) in [7, 11) is 1.95. The number of rotatable bonds is 18. The molecule has 0 saturated carbocycles. The van der Waals surface area contributed by atoms with Crippen molar-refractivity contribution in [1.82, 2.24) is 10.2 Å². The number of allylic oxidation sites excluding steroid dienone is 4. The molecule has 1 saturated heterocycles. The Morgan fingerprint density at radius 3 is 2.45 bits per heavy atom. The van der Waals surface area contributed by atoms with Crippen LogP contribution in [-0.4, -0.2) is 53.1 Å². The molecular weight excluding hydrogens is 656 g/mol. The third kappa shape index (κ3) is 11.7. The fourth-order valence-corrected chi connectivity index (χ4v) is 6.83. The number of hydrogen-bond donors (Lipinski definition) is 3. The number of nitrogens with one attached hydrogen (secondary N) is 1. The van der Waals surface area contributed by atoms with E-state index >= 15 is 0 Å². The summed E-state index contributed by atoms with van der Waals surface area (Å²) in [5.74, 6) is -0.160. The molecular formula is C40H53ClN2O5S. The predicted molar refractivity (Wildman–Crippen MR) is 206 cm³/mol. The standard InChI is InChI=1S/C40H53ClN2O5S/c1-3-4-5-6-7-8-9-10-11-12-13-14-15-16-17-20-24-42-40(49)48-36-27-33(45)38-32(44)26-35(29-21-18-19-22-31(29)41)47-39(38)37(36)30-23-25-43(2)28-34(30)46/h7-8,10-11,18-19,21-22,26-27,30,34,45-46H,3-6,9,12-17,20,23-25,28H2,1-2H3,(H,42,49)/t30?,34-/m0/s1. The van der Waals surface area contributed by atoms with Gasteiger partial charge < -0.3 is 29.6 Å². The van der Waals surface area contributed by atoms with Gasteiger partial charge in [-0.05, 0) is 82.9 Å². The number of nitrogens with zero attached hydrogens (tertiary/aromatic N) is 1. The molecule has 1 unspecified atom stereocenters. The van der Waals surface area contributed by atoms with Crippen LogP contribution < -0.4 is 15.5 Å². The van der Waals surface area contributed by atoms with Crippen LogP contribution in [0.1, 0.15) is 102 Å². The van der Waals surface area contributed by atoms with Gasteiger partial charge in [0.25, 0.3) is 5.17 Å². The number of phenolic OH excluding ortho intramolecular Hbond substituents is 1. The van der Waals surface area contributed by atoms with E-state index in [-0.39, 0.29) is 33.4 Å². The summed E-state index contributed by atoms with van der Waals surface area (Å²) in [6.45, 7) is 4.07. The van der Waals surface area contributed by atoms with Crippen LogP contribution in [0.4, 0.5) is 0 Å². The highest BCUT2D eigenvalue weighted by Crippen LogP contribution is 2.43. The van der Waals surface area contributed by atoms with E-state index in [1.54, 1.807) is 18.2 Å². The Morgan fingerprint density at radius 2 is 1.73 bits per heavy atom. The fourth-order valence-electron chi connectivity index (χ4n) is 6.41. The first-order valence-electron chi connectivity index (χ1n) is 18.0. The Morgan fingerprint density at radius 1 is 1.04 bits per heavy atom. The zero-order valence-electron chi connectivity index (χ0n) is 29.1. The van der Waals surface area contributed by atoms with Gasteiger partial charge in [0.05, 0.1) is 11.1 Å². The topological polar surface area (TPSA) is 95.2 Å². The molecule has 0 spiro atoms. The van der Waals surface area contributed by atoms with Crippen LogP contribution >= 0.6 is 23.8 Å². The van der Waals surface area contributed by atoms with E-state index in [2.05, 4.69) is 41.4 Å². The second-order valence-corrected chi connectivity index (χ2v) is 13.9. The van der Waals surface area contributed by atoms with Crippen molar-refractivity contribution in [3.05, 3.63) is 81.5 Å². The van der Waals surface area contributed by atoms with E-state index in [1.165, 1.54) is 63.5 Å². The smallest absolute Gasteiger partial charge is 0.262 e. The number of halogens is 1. The normalized spacial score (nSPS) is 17.0. The highest BCUT2D eigenvalue weighted by molar-refractivity contribution is 7.80. The van der Waals surface area contributed by atoms with Crippen molar-refractivity contribution in [2.45, 2.75) is 102 Å². The van der Waals surface area contributed by atoms with Crippen molar-refractivity contribution in [2.24, 2.45) is 0 Å². The molecule has 2 atom stereocenters. The van der Waals surface area contributed by atoms with Crippen LogP contribution in [0.3, 0.4) is 0 Å². The maximum atomic E-state index is 13.4. The number of likely N-dealkylation sites (N-methyl/N-ethyl adjacent to an activating group) is 1. The number of benzene rings is 2. The number of unbranched alkanes of at least 4 members (excludes halogenated alkanes) is 9. The molecule has 0 aliphatic carbocycles. The largest absolute Gasteiger partial charge is 0.507 e. The average molecular weight is 709 g/mol. The van der Waals surface area contributed by atoms with Crippen LogP contribution in [-0.2, 0) is 0 Å². The molecule has 3 aromatic rings. The molecule has 0 bridgehead atoms. The minimum atomic E-state index is -0.747. The number of thiocarbonyl (C=S) groups is 1. The lowest BCUT2D eigenvalue weighted by Gasteiger charge is -2.34. The Balaban J connectivity index is 1.32. The monoisotopic (exact) mass is 708 g/mol. The number of piperidine rings is 1. The molecule has 9 heteroatoms. The number of β-amino-alcohol motifs (C(OH)–C–C–N with tert-alkyl or cyclic N) is 1. The quantitative estimate of drug-likeness (QED) is 0.0683. The van der Waals surface area contributed by atoms with Crippen molar-refractivity contribution in [3.8, 4) is 22.8 Å². The van der Waals surface area contributed by atoms with E-state index < -0.39 is 17.5 Å². The summed E-state index contributed by atoms with van der Waals surface area (Å²) in [5, 5.41) is 26.0. The summed E-state index contributed by atoms with van der Waals surface area (Å²) in [6, 6.07) is 9.83. The van der Waals surface area contributed by atoms with Gasteiger partial charge >= 0.3 is 0 Å². The minimum Gasteiger partial charge on any atom is -0.507 e. The predicted octanol–water partition coefficient (Wildman–Crippen LogP) is 9.67. The number of hydrogen-bond acceptors (Lipinski definition) is 7. The second-order valence-electron chi connectivity index (χ2n) is 13.1. The summed E-state index contributed by atoms with van der Waals surface area (Å²) >= 11 is 12.0. The Kier molecular flexibility index (Phi) is 16.2. The highest BCUT2D eigenvalue weighted by atomic mass is 35.5. The number of fused-ring (bicyclic) bond motifs is 1. The van der Waals surface area contributed by atoms with E-state index in [9.17, 15) is 15.0 Å². The van der Waals surface area contributed by atoms with Gasteiger partial charge in [0.15, 0.2) is 5.43 Å². The van der Waals surface area contributed by atoms with Crippen molar-refractivity contribution < 1.29 is 19.4 Å². The lowest BCUT2D eigenvalue weighted by Crippen LogP contribution is -2.40. The zero-order chi connectivity index (χ0) is 35.0. The maximum absolute atomic E-state index is 13.4. The highest BCUT2D eigenvalue weighted by Gasteiger charge is 2.34. The van der Waals surface area contributed by atoms with Crippen molar-refractivity contribution in [3.63, 3.8) is 0 Å². The van der Waals surface area contributed by atoms with Gasteiger partial charge in [0.2, 0.25) is 0 Å². The molecule has 0 radical (unpaired) electrons. The Labute approximate surface area is 302 Å². The summed E-state index contributed by atoms with van der Waals surface area (Å²) < 4.78 is 12.5. The van der Waals surface area contributed by atoms with Gasteiger partial charge in [0.1, 0.15) is 28.2 Å². The van der Waals surface area contributed by atoms with Gasteiger partial charge in [-0.1, -0.05) is 93.5 Å².